The summed E-state index contributed by atoms with van der Waals surface area (Å²) in [5.74, 6) is 0.683. The largest absolute Gasteiger partial charge is 0.294 e. The lowest BCUT2D eigenvalue weighted by Crippen LogP contribution is -1.97. The Bertz CT molecular complexity index is 418. The number of para-hydroxylation sites is 2. The summed E-state index contributed by atoms with van der Waals surface area (Å²) in [6.45, 7) is 4.36. The van der Waals surface area contributed by atoms with E-state index in [4.69, 9.17) is 0 Å². The lowest BCUT2D eigenvalue weighted by Gasteiger charge is -2.04. The summed E-state index contributed by atoms with van der Waals surface area (Å²) < 4.78 is 0. The minimum absolute atomic E-state index is 0.0385. The van der Waals surface area contributed by atoms with Gasteiger partial charge in [-0.1, -0.05) is 32.4 Å². The molecule has 1 rings (SSSR count). The predicted molar refractivity (Wildman–Crippen MR) is 73.9 cm³/mol. The van der Waals surface area contributed by atoms with Crippen molar-refractivity contribution in [3.05, 3.63) is 34.4 Å². The molecular formula is C13H19N3O2. The molecule has 1 atom stereocenters. The minimum atomic E-state index is -0.420. The molecule has 98 valence electrons. The highest BCUT2D eigenvalue weighted by molar-refractivity contribution is 5.64. The summed E-state index contributed by atoms with van der Waals surface area (Å²) in [5, 5.41) is 14.8. The zero-order valence-corrected chi connectivity index (χ0v) is 10.8. The Morgan fingerprint density at radius 1 is 1.50 bits per heavy atom. The number of nitrogens with zero attached hydrogens (tertiary/aromatic N) is 2. The van der Waals surface area contributed by atoms with Crippen molar-refractivity contribution in [1.29, 1.82) is 0 Å². The first-order valence-electron chi connectivity index (χ1n) is 6.16. The number of anilines is 1. The van der Waals surface area contributed by atoms with Gasteiger partial charge in [0.25, 0.3) is 5.69 Å². The molecule has 18 heavy (non-hydrogen) atoms. The molecule has 0 radical (unpaired) electrons. The average Bonchev–Trinajstić information content (AvgIpc) is 2.38. The summed E-state index contributed by atoms with van der Waals surface area (Å²) in [7, 11) is 0. The first-order valence-corrected chi connectivity index (χ1v) is 6.16. The van der Waals surface area contributed by atoms with Crippen molar-refractivity contribution in [2.75, 3.05) is 5.43 Å². The van der Waals surface area contributed by atoms with Crippen molar-refractivity contribution in [3.63, 3.8) is 0 Å². The van der Waals surface area contributed by atoms with Crippen LogP contribution in [0.5, 0.6) is 0 Å². The fourth-order valence-corrected chi connectivity index (χ4v) is 1.47. The average molecular weight is 249 g/mol. The van der Waals surface area contributed by atoms with Gasteiger partial charge in [0, 0.05) is 12.3 Å². The van der Waals surface area contributed by atoms with E-state index in [1.165, 1.54) is 6.07 Å². The van der Waals surface area contributed by atoms with E-state index in [2.05, 4.69) is 24.4 Å². The van der Waals surface area contributed by atoms with Crippen LogP contribution in [-0.4, -0.2) is 11.1 Å². The van der Waals surface area contributed by atoms with E-state index in [1.54, 1.807) is 24.4 Å². The second-order valence-electron chi connectivity index (χ2n) is 4.29. The van der Waals surface area contributed by atoms with Crippen LogP contribution in [0.15, 0.2) is 29.4 Å². The van der Waals surface area contributed by atoms with E-state index in [1.807, 2.05) is 0 Å². The van der Waals surface area contributed by atoms with E-state index >= 15 is 0 Å². The van der Waals surface area contributed by atoms with Crippen LogP contribution in [-0.2, 0) is 0 Å². The summed E-state index contributed by atoms with van der Waals surface area (Å²) in [6.07, 6.45) is 4.88. The first kappa shape index (κ1) is 14.2. The Kier molecular flexibility index (Phi) is 5.84. The molecule has 0 fully saturated rings. The molecule has 5 heteroatoms. The van der Waals surface area contributed by atoms with Gasteiger partial charge in [0.05, 0.1) is 4.92 Å². The van der Waals surface area contributed by atoms with Gasteiger partial charge in [0.1, 0.15) is 5.69 Å². The number of hydrazone groups is 1. The molecule has 0 aromatic heterocycles. The van der Waals surface area contributed by atoms with E-state index in [9.17, 15) is 10.1 Å². The van der Waals surface area contributed by atoms with Crippen LogP contribution in [0.3, 0.4) is 0 Å². The number of hydrogen-bond donors (Lipinski definition) is 1. The monoisotopic (exact) mass is 249 g/mol. The molecule has 0 amide bonds. The Balaban J connectivity index is 2.48. The molecule has 0 aliphatic heterocycles. The highest BCUT2D eigenvalue weighted by Gasteiger charge is 2.10. The second-order valence-corrected chi connectivity index (χ2v) is 4.29. The highest BCUT2D eigenvalue weighted by atomic mass is 16.6. The van der Waals surface area contributed by atoms with Gasteiger partial charge in [0.2, 0.25) is 0 Å². The maximum atomic E-state index is 10.8. The van der Waals surface area contributed by atoms with Gasteiger partial charge in [-0.3, -0.25) is 15.5 Å². The number of nitro benzene ring substituents is 1. The second kappa shape index (κ2) is 7.42. The van der Waals surface area contributed by atoms with E-state index in [0.29, 0.717) is 11.6 Å². The molecule has 1 N–H and O–H groups in total. The van der Waals surface area contributed by atoms with Crippen molar-refractivity contribution < 1.29 is 4.92 Å². The number of benzene rings is 1. The molecule has 1 aromatic rings. The van der Waals surface area contributed by atoms with Gasteiger partial charge in [0.15, 0.2) is 0 Å². The molecule has 0 spiro atoms. The summed E-state index contributed by atoms with van der Waals surface area (Å²) >= 11 is 0. The normalized spacial score (nSPS) is 12.6. The molecule has 5 nitrogen and oxygen atoms in total. The van der Waals surface area contributed by atoms with Crippen molar-refractivity contribution in [2.24, 2.45) is 11.0 Å². The maximum Gasteiger partial charge on any atom is 0.294 e. The smallest absolute Gasteiger partial charge is 0.272 e. The van der Waals surface area contributed by atoms with Crippen LogP contribution >= 0.6 is 0 Å². The van der Waals surface area contributed by atoms with Gasteiger partial charge >= 0.3 is 0 Å². The van der Waals surface area contributed by atoms with Crippen molar-refractivity contribution in [3.8, 4) is 0 Å². The topological polar surface area (TPSA) is 67.5 Å². The van der Waals surface area contributed by atoms with Crippen LogP contribution in [0.2, 0.25) is 0 Å². The van der Waals surface area contributed by atoms with Crippen LogP contribution < -0.4 is 5.43 Å². The van der Waals surface area contributed by atoms with Crippen molar-refractivity contribution >= 4 is 17.6 Å². The highest BCUT2D eigenvalue weighted by Crippen LogP contribution is 2.22. The molecule has 1 aromatic carbocycles. The first-order chi connectivity index (χ1) is 8.65. The minimum Gasteiger partial charge on any atom is -0.272 e. The van der Waals surface area contributed by atoms with Crippen molar-refractivity contribution in [1.82, 2.24) is 0 Å². The molecule has 0 heterocycles. The number of rotatable bonds is 7. The summed E-state index contributed by atoms with van der Waals surface area (Å²) in [4.78, 5) is 10.3. The van der Waals surface area contributed by atoms with Gasteiger partial charge in [-0.2, -0.15) is 5.10 Å². The number of nitro groups is 1. The summed E-state index contributed by atoms with van der Waals surface area (Å²) in [6, 6.07) is 6.47. The van der Waals surface area contributed by atoms with Gasteiger partial charge < -0.3 is 0 Å². The zero-order chi connectivity index (χ0) is 13.4. The van der Waals surface area contributed by atoms with Crippen LogP contribution in [0.4, 0.5) is 11.4 Å². The molecular weight excluding hydrogens is 230 g/mol. The Morgan fingerprint density at radius 3 is 2.89 bits per heavy atom. The van der Waals surface area contributed by atoms with Crippen LogP contribution in [0.1, 0.15) is 33.1 Å². The standard InChI is InChI=1S/C13H19N3O2/c1-3-11(2)7-6-10-14-15-12-8-4-5-9-13(12)16(17)18/h4-5,8-11,15H,3,6-7H2,1-2H3. The molecule has 1 unspecified atom stereocenters. The molecule has 0 aliphatic carbocycles. The third-order valence-electron chi connectivity index (χ3n) is 2.86. The Labute approximate surface area is 107 Å². The summed E-state index contributed by atoms with van der Waals surface area (Å²) in [5.41, 5.74) is 3.17. The van der Waals surface area contributed by atoms with Gasteiger partial charge in [-0.25, -0.2) is 0 Å². The van der Waals surface area contributed by atoms with Gasteiger partial charge in [-0.15, -0.1) is 0 Å². The van der Waals surface area contributed by atoms with Crippen molar-refractivity contribution in [2.45, 2.75) is 33.1 Å². The van der Waals surface area contributed by atoms with E-state index in [0.717, 1.165) is 19.3 Å². The van der Waals surface area contributed by atoms with Gasteiger partial charge in [-0.05, 0) is 24.8 Å². The molecule has 0 aliphatic rings. The molecule has 0 saturated carbocycles. The fraction of sp³-hybridized carbons (Fsp3) is 0.462. The lowest BCUT2D eigenvalue weighted by atomic mass is 10.0. The maximum absolute atomic E-state index is 10.8. The fourth-order valence-electron chi connectivity index (χ4n) is 1.47. The van der Waals surface area contributed by atoms with E-state index < -0.39 is 4.92 Å². The Morgan fingerprint density at radius 2 is 2.22 bits per heavy atom. The Hall–Kier alpha value is -1.91. The van der Waals surface area contributed by atoms with Crippen LogP contribution in [0, 0.1) is 16.0 Å². The SMILES string of the molecule is CCC(C)CCC=NNc1ccccc1[N+](=O)[O-]. The number of hydrogen-bond acceptors (Lipinski definition) is 4. The third-order valence-corrected chi connectivity index (χ3v) is 2.86. The lowest BCUT2D eigenvalue weighted by molar-refractivity contribution is -0.384. The van der Waals surface area contributed by atoms with E-state index in [-0.39, 0.29) is 5.69 Å². The molecule has 0 bridgehead atoms. The molecule has 0 saturated heterocycles. The third kappa shape index (κ3) is 4.53. The zero-order valence-electron chi connectivity index (χ0n) is 10.8. The van der Waals surface area contributed by atoms with Crippen LogP contribution in [0.25, 0.3) is 0 Å². The number of nitrogens with one attached hydrogen (secondary N) is 1. The predicted octanol–water partition coefficient (Wildman–Crippen LogP) is 3.82. The quantitative estimate of drug-likeness (QED) is 0.453.